The van der Waals surface area contributed by atoms with Gasteiger partial charge in [-0.05, 0) is 69.9 Å². The Labute approximate surface area is 167 Å². The lowest BCUT2D eigenvalue weighted by atomic mass is 10.0. The SMILES string of the molecule is CCC(C)(C)NC(=O)c1ccc(NC(=O)NC(C)CCc2ccccc2)cc1. The molecule has 0 spiro atoms. The Morgan fingerprint density at radius 2 is 1.64 bits per heavy atom. The number of carbonyl (C=O) groups excluding carboxylic acids is 2. The molecule has 0 saturated carbocycles. The van der Waals surface area contributed by atoms with Gasteiger partial charge >= 0.3 is 6.03 Å². The van der Waals surface area contributed by atoms with Crippen LogP contribution in [0.15, 0.2) is 54.6 Å². The van der Waals surface area contributed by atoms with Crippen LogP contribution in [0.1, 0.15) is 56.5 Å². The third-order valence-electron chi connectivity index (χ3n) is 4.83. The number of benzene rings is 2. The molecule has 2 aromatic rings. The van der Waals surface area contributed by atoms with Gasteiger partial charge in [0.2, 0.25) is 0 Å². The second-order valence-electron chi connectivity index (χ2n) is 7.79. The molecule has 0 fully saturated rings. The second-order valence-corrected chi connectivity index (χ2v) is 7.79. The molecule has 3 N–H and O–H groups in total. The number of nitrogens with one attached hydrogen (secondary N) is 3. The fraction of sp³-hybridized carbons (Fsp3) is 0.391. The molecule has 2 rings (SSSR count). The van der Waals surface area contributed by atoms with E-state index in [0.29, 0.717) is 11.3 Å². The summed E-state index contributed by atoms with van der Waals surface area (Å²) in [6.07, 6.45) is 2.63. The zero-order chi connectivity index (χ0) is 20.6. The molecule has 0 saturated heterocycles. The average Bonchev–Trinajstić information content (AvgIpc) is 2.67. The molecule has 0 aliphatic carbocycles. The van der Waals surface area contributed by atoms with Crippen LogP contribution in [-0.4, -0.2) is 23.5 Å². The first-order chi connectivity index (χ1) is 13.3. The largest absolute Gasteiger partial charge is 0.347 e. The molecule has 3 amide bonds. The lowest BCUT2D eigenvalue weighted by Crippen LogP contribution is -2.42. The zero-order valence-corrected chi connectivity index (χ0v) is 17.2. The molecule has 0 aromatic heterocycles. The second kappa shape index (κ2) is 9.93. The maximum Gasteiger partial charge on any atom is 0.319 e. The minimum atomic E-state index is -0.246. The van der Waals surface area contributed by atoms with Gasteiger partial charge in [0.1, 0.15) is 0 Å². The van der Waals surface area contributed by atoms with Gasteiger partial charge in [-0.25, -0.2) is 4.79 Å². The smallest absolute Gasteiger partial charge is 0.319 e. The summed E-state index contributed by atoms with van der Waals surface area (Å²) in [6, 6.07) is 16.9. The number of hydrogen-bond acceptors (Lipinski definition) is 2. The van der Waals surface area contributed by atoms with Crippen LogP contribution in [0.5, 0.6) is 0 Å². The van der Waals surface area contributed by atoms with Crippen molar-refractivity contribution in [1.82, 2.24) is 10.6 Å². The lowest BCUT2D eigenvalue weighted by molar-refractivity contribution is 0.0911. The van der Waals surface area contributed by atoms with Crippen molar-refractivity contribution in [2.45, 2.75) is 58.5 Å². The van der Waals surface area contributed by atoms with Gasteiger partial charge in [-0.3, -0.25) is 4.79 Å². The van der Waals surface area contributed by atoms with Gasteiger partial charge in [0.25, 0.3) is 5.91 Å². The van der Waals surface area contributed by atoms with Crippen LogP contribution in [0.3, 0.4) is 0 Å². The van der Waals surface area contributed by atoms with E-state index in [2.05, 4.69) is 28.1 Å². The van der Waals surface area contributed by atoms with Gasteiger partial charge in [0.15, 0.2) is 0 Å². The molecule has 2 aromatic carbocycles. The van der Waals surface area contributed by atoms with E-state index >= 15 is 0 Å². The molecule has 0 radical (unpaired) electrons. The van der Waals surface area contributed by atoms with Crippen molar-refractivity contribution in [2.24, 2.45) is 0 Å². The van der Waals surface area contributed by atoms with Gasteiger partial charge in [0.05, 0.1) is 0 Å². The van der Waals surface area contributed by atoms with Crippen molar-refractivity contribution in [2.75, 3.05) is 5.32 Å². The molecule has 0 bridgehead atoms. The van der Waals surface area contributed by atoms with Gasteiger partial charge in [-0.15, -0.1) is 0 Å². The normalized spacial score (nSPS) is 12.1. The van der Waals surface area contributed by atoms with E-state index in [0.717, 1.165) is 19.3 Å². The highest BCUT2D eigenvalue weighted by Crippen LogP contribution is 2.13. The van der Waals surface area contributed by atoms with Crippen LogP contribution >= 0.6 is 0 Å². The Bertz CT molecular complexity index is 770. The summed E-state index contributed by atoms with van der Waals surface area (Å²) in [5.41, 5.74) is 2.24. The van der Waals surface area contributed by atoms with E-state index in [1.165, 1.54) is 5.56 Å². The summed E-state index contributed by atoms with van der Waals surface area (Å²) in [6.45, 7) is 8.01. The number of urea groups is 1. The number of carbonyl (C=O) groups is 2. The molecule has 0 aliphatic heterocycles. The Morgan fingerprint density at radius 3 is 2.25 bits per heavy atom. The minimum Gasteiger partial charge on any atom is -0.347 e. The van der Waals surface area contributed by atoms with Crippen molar-refractivity contribution in [3.63, 3.8) is 0 Å². The highest BCUT2D eigenvalue weighted by Gasteiger charge is 2.18. The summed E-state index contributed by atoms with van der Waals surface area (Å²) >= 11 is 0. The fourth-order valence-electron chi connectivity index (χ4n) is 2.66. The predicted octanol–water partition coefficient (Wildman–Crippen LogP) is 4.75. The Hall–Kier alpha value is -2.82. The number of anilines is 1. The molecule has 150 valence electrons. The first kappa shape index (κ1) is 21.5. The summed E-state index contributed by atoms with van der Waals surface area (Å²) < 4.78 is 0. The summed E-state index contributed by atoms with van der Waals surface area (Å²) in [4.78, 5) is 24.5. The Morgan fingerprint density at radius 1 is 1.00 bits per heavy atom. The quantitative estimate of drug-likeness (QED) is 0.618. The first-order valence-corrected chi connectivity index (χ1v) is 9.83. The lowest BCUT2D eigenvalue weighted by Gasteiger charge is -2.24. The van der Waals surface area contributed by atoms with Crippen molar-refractivity contribution in [1.29, 1.82) is 0 Å². The molecule has 1 unspecified atom stereocenters. The van der Waals surface area contributed by atoms with Crippen molar-refractivity contribution in [3.8, 4) is 0 Å². The van der Waals surface area contributed by atoms with Crippen LogP contribution < -0.4 is 16.0 Å². The molecule has 5 heteroatoms. The van der Waals surface area contributed by atoms with Crippen LogP contribution in [0, 0.1) is 0 Å². The van der Waals surface area contributed by atoms with E-state index in [-0.39, 0.29) is 23.5 Å². The van der Waals surface area contributed by atoms with Gasteiger partial charge in [-0.2, -0.15) is 0 Å². The highest BCUT2D eigenvalue weighted by atomic mass is 16.2. The third kappa shape index (κ3) is 7.06. The van der Waals surface area contributed by atoms with Crippen LogP contribution in [0.2, 0.25) is 0 Å². The molecule has 28 heavy (non-hydrogen) atoms. The maximum atomic E-state index is 12.3. The number of hydrogen-bond donors (Lipinski definition) is 3. The Balaban J connectivity index is 1.81. The van der Waals surface area contributed by atoms with Crippen LogP contribution in [-0.2, 0) is 6.42 Å². The maximum absolute atomic E-state index is 12.3. The van der Waals surface area contributed by atoms with Gasteiger partial charge < -0.3 is 16.0 Å². The van der Waals surface area contributed by atoms with Crippen LogP contribution in [0.25, 0.3) is 0 Å². The first-order valence-electron chi connectivity index (χ1n) is 9.83. The molecule has 0 heterocycles. The monoisotopic (exact) mass is 381 g/mol. The van der Waals surface area contributed by atoms with Crippen LogP contribution in [0.4, 0.5) is 10.5 Å². The van der Waals surface area contributed by atoms with E-state index in [1.54, 1.807) is 24.3 Å². The summed E-state index contributed by atoms with van der Waals surface area (Å²) in [7, 11) is 0. The molecular weight excluding hydrogens is 350 g/mol. The van der Waals surface area contributed by atoms with E-state index in [4.69, 9.17) is 0 Å². The summed E-state index contributed by atoms with van der Waals surface area (Å²) in [5, 5.41) is 8.76. The van der Waals surface area contributed by atoms with E-state index in [1.807, 2.05) is 45.9 Å². The standard InChI is InChI=1S/C23H31N3O2/c1-5-23(3,4)26-21(27)19-13-15-20(16-14-19)25-22(28)24-17(2)11-12-18-9-7-6-8-10-18/h6-10,13-17H,5,11-12H2,1-4H3,(H,26,27)(H2,24,25,28). The highest BCUT2D eigenvalue weighted by molar-refractivity contribution is 5.96. The average molecular weight is 382 g/mol. The van der Waals surface area contributed by atoms with Crippen molar-refractivity contribution in [3.05, 3.63) is 65.7 Å². The predicted molar refractivity (Wildman–Crippen MR) is 115 cm³/mol. The zero-order valence-electron chi connectivity index (χ0n) is 17.2. The fourth-order valence-corrected chi connectivity index (χ4v) is 2.66. The molecular formula is C23H31N3O2. The Kier molecular flexibility index (Phi) is 7.61. The van der Waals surface area contributed by atoms with E-state index in [9.17, 15) is 9.59 Å². The molecule has 1 atom stereocenters. The number of rotatable bonds is 8. The third-order valence-corrected chi connectivity index (χ3v) is 4.83. The molecule has 0 aliphatic rings. The number of aryl methyl sites for hydroxylation is 1. The van der Waals surface area contributed by atoms with Gasteiger partial charge in [0, 0.05) is 22.8 Å². The van der Waals surface area contributed by atoms with E-state index < -0.39 is 0 Å². The van der Waals surface area contributed by atoms with Gasteiger partial charge in [-0.1, -0.05) is 37.3 Å². The van der Waals surface area contributed by atoms with Crippen molar-refractivity contribution >= 4 is 17.6 Å². The summed E-state index contributed by atoms with van der Waals surface area (Å²) in [5.74, 6) is -0.114. The molecule has 5 nitrogen and oxygen atoms in total. The topological polar surface area (TPSA) is 70.2 Å². The number of amides is 3. The minimum absolute atomic E-state index is 0.0570. The van der Waals surface area contributed by atoms with Crippen molar-refractivity contribution < 1.29 is 9.59 Å².